The largest absolute Gasteiger partial charge is 0.497 e. The van der Waals surface area contributed by atoms with Crippen molar-refractivity contribution in [2.75, 3.05) is 47.1 Å². The van der Waals surface area contributed by atoms with Crippen LogP contribution in [0.3, 0.4) is 0 Å². The van der Waals surface area contributed by atoms with Gasteiger partial charge in [-0.1, -0.05) is 54.6 Å². The summed E-state index contributed by atoms with van der Waals surface area (Å²) in [6.45, 7) is 4.56. The molecule has 0 amide bonds. The number of hydrogen-bond acceptors (Lipinski definition) is 10. The normalized spacial score (nSPS) is 20.0. The van der Waals surface area contributed by atoms with Crippen molar-refractivity contribution in [2.45, 2.75) is 37.4 Å². The number of aliphatic hydroxyl groups is 1. The van der Waals surface area contributed by atoms with Crippen LogP contribution in [0.15, 0.2) is 95.0 Å². The molecular weight excluding hydrogens is 640 g/mol. The Morgan fingerprint density at radius 3 is 2.20 bits per heavy atom. The van der Waals surface area contributed by atoms with Crippen LogP contribution in [0.25, 0.3) is 11.2 Å². The number of ether oxygens (including phenoxy) is 5. The Balaban J connectivity index is 1.19. The van der Waals surface area contributed by atoms with Gasteiger partial charge in [-0.3, -0.25) is 14.3 Å². The Labute approximate surface area is 289 Å². The summed E-state index contributed by atoms with van der Waals surface area (Å²) < 4.78 is 31.5. The molecule has 2 aliphatic heterocycles. The van der Waals surface area contributed by atoms with Gasteiger partial charge in [0.15, 0.2) is 11.2 Å². The molecule has 3 aromatic carbocycles. The second-order valence-corrected chi connectivity index (χ2v) is 12.2. The first kappa shape index (κ1) is 33.4. The van der Waals surface area contributed by atoms with Crippen molar-refractivity contribution in [2.24, 2.45) is 4.99 Å². The number of nitrogens with one attached hydrogen (secondary N) is 1. The summed E-state index contributed by atoms with van der Waals surface area (Å²) in [6, 6.07) is 25.4. The summed E-state index contributed by atoms with van der Waals surface area (Å²) in [6.07, 6.45) is -0.481. The van der Waals surface area contributed by atoms with Crippen molar-refractivity contribution in [1.29, 1.82) is 0 Å². The minimum Gasteiger partial charge on any atom is -0.497 e. The minimum absolute atomic E-state index is 0.0412. The van der Waals surface area contributed by atoms with Gasteiger partial charge in [-0.15, -0.1) is 0 Å². The number of hydrogen-bond donors (Lipinski definition) is 2. The van der Waals surface area contributed by atoms with Crippen LogP contribution >= 0.6 is 0 Å². The summed E-state index contributed by atoms with van der Waals surface area (Å²) in [5.74, 6) is 2.32. The summed E-state index contributed by atoms with van der Waals surface area (Å²) in [4.78, 5) is 31.4. The van der Waals surface area contributed by atoms with E-state index in [0.717, 1.165) is 22.5 Å². The van der Waals surface area contributed by atoms with E-state index >= 15 is 0 Å². The molecule has 2 fully saturated rings. The lowest BCUT2D eigenvalue weighted by molar-refractivity contribution is -0.0931. The van der Waals surface area contributed by atoms with E-state index in [4.69, 9.17) is 23.7 Å². The molecule has 0 aliphatic carbocycles. The molecule has 2 N–H and O–H groups in total. The number of rotatable bonds is 10. The predicted molar refractivity (Wildman–Crippen MR) is 186 cm³/mol. The number of aromatic amines is 1. The van der Waals surface area contributed by atoms with Crippen LogP contribution in [0.5, 0.6) is 11.5 Å². The number of aromatic nitrogens is 4. The Hall–Kier alpha value is -5.08. The average molecular weight is 681 g/mol. The van der Waals surface area contributed by atoms with Gasteiger partial charge in [-0.05, 0) is 47.9 Å². The highest BCUT2D eigenvalue weighted by Gasteiger charge is 2.42. The SMILES string of the molecule is COc1ccc(C(OC[C@H]2O[C@@H](n3cnc4c(=O)[nH]c(N=C(C)N5CCOCC5)nc43)CC2O)(c2ccccc2)c2ccc(OC)cc2)cc1. The zero-order valence-electron chi connectivity index (χ0n) is 28.2. The second-order valence-electron chi connectivity index (χ2n) is 12.2. The van der Waals surface area contributed by atoms with Gasteiger partial charge in [0.2, 0.25) is 5.95 Å². The second kappa shape index (κ2) is 14.4. The van der Waals surface area contributed by atoms with Gasteiger partial charge in [-0.2, -0.15) is 4.98 Å². The maximum absolute atomic E-state index is 13.0. The number of morpholine rings is 1. The van der Waals surface area contributed by atoms with E-state index in [1.165, 1.54) is 6.33 Å². The van der Waals surface area contributed by atoms with Gasteiger partial charge >= 0.3 is 0 Å². The zero-order valence-corrected chi connectivity index (χ0v) is 28.2. The first-order valence-electron chi connectivity index (χ1n) is 16.6. The molecule has 2 saturated heterocycles. The third kappa shape index (κ3) is 6.48. The van der Waals surface area contributed by atoms with Gasteiger partial charge in [0.1, 0.15) is 35.3 Å². The van der Waals surface area contributed by atoms with E-state index in [2.05, 4.69) is 24.8 Å². The van der Waals surface area contributed by atoms with Crippen LogP contribution in [0.2, 0.25) is 0 Å². The first-order valence-corrected chi connectivity index (χ1v) is 16.6. The van der Waals surface area contributed by atoms with Crippen molar-refractivity contribution < 1.29 is 28.8 Å². The number of aliphatic hydroxyl groups excluding tert-OH is 1. The Bertz CT molecular complexity index is 1940. The Morgan fingerprint density at radius 1 is 0.960 bits per heavy atom. The summed E-state index contributed by atoms with van der Waals surface area (Å²) in [7, 11) is 3.26. The maximum Gasteiger partial charge on any atom is 0.280 e. The fourth-order valence-corrected chi connectivity index (χ4v) is 6.61. The van der Waals surface area contributed by atoms with Crippen LogP contribution in [-0.2, 0) is 19.8 Å². The van der Waals surface area contributed by atoms with Crippen LogP contribution < -0.4 is 15.0 Å². The number of H-pyrrole nitrogens is 1. The van der Waals surface area contributed by atoms with E-state index in [1.807, 2.05) is 85.8 Å². The zero-order chi connectivity index (χ0) is 34.7. The third-order valence-corrected chi connectivity index (χ3v) is 9.31. The Kier molecular flexibility index (Phi) is 9.63. The van der Waals surface area contributed by atoms with Crippen molar-refractivity contribution in [3.8, 4) is 11.5 Å². The van der Waals surface area contributed by atoms with Crippen LogP contribution in [0, 0.1) is 0 Å². The first-order chi connectivity index (χ1) is 24.4. The van der Waals surface area contributed by atoms with E-state index in [9.17, 15) is 9.90 Å². The summed E-state index contributed by atoms with van der Waals surface area (Å²) in [5.41, 5.74) is 1.61. The molecule has 0 spiro atoms. The highest BCUT2D eigenvalue weighted by atomic mass is 16.6. The molecule has 5 aromatic rings. The van der Waals surface area contributed by atoms with E-state index < -0.39 is 29.6 Å². The number of fused-ring (bicyclic) bond motifs is 1. The number of aliphatic imine (C=N–C) groups is 1. The lowest BCUT2D eigenvalue weighted by Gasteiger charge is -2.37. The third-order valence-electron chi connectivity index (χ3n) is 9.31. The molecule has 3 atom stereocenters. The fraction of sp³-hybridized carbons (Fsp3) is 0.351. The number of nitrogens with zero attached hydrogens (tertiary/aromatic N) is 5. The molecular formula is C37H40N6O7. The monoisotopic (exact) mass is 680 g/mol. The predicted octanol–water partition coefficient (Wildman–Crippen LogP) is 4.18. The maximum atomic E-state index is 13.0. The Morgan fingerprint density at radius 2 is 1.58 bits per heavy atom. The topological polar surface area (TPSA) is 146 Å². The molecule has 4 heterocycles. The fourth-order valence-electron chi connectivity index (χ4n) is 6.61. The molecule has 0 bridgehead atoms. The molecule has 1 unspecified atom stereocenters. The lowest BCUT2D eigenvalue weighted by Crippen LogP contribution is -2.39. The molecule has 2 aliphatic rings. The van der Waals surface area contributed by atoms with Crippen molar-refractivity contribution in [3.05, 3.63) is 112 Å². The molecule has 13 nitrogen and oxygen atoms in total. The molecule has 260 valence electrons. The van der Waals surface area contributed by atoms with Crippen molar-refractivity contribution >= 4 is 22.9 Å². The van der Waals surface area contributed by atoms with E-state index in [0.29, 0.717) is 43.4 Å². The lowest BCUT2D eigenvalue weighted by atomic mass is 9.80. The van der Waals surface area contributed by atoms with E-state index in [1.54, 1.807) is 18.8 Å². The molecule has 13 heteroatoms. The molecule has 50 heavy (non-hydrogen) atoms. The summed E-state index contributed by atoms with van der Waals surface area (Å²) >= 11 is 0. The molecule has 7 rings (SSSR count). The van der Waals surface area contributed by atoms with Crippen LogP contribution in [0.4, 0.5) is 5.95 Å². The quantitative estimate of drug-likeness (QED) is 0.125. The van der Waals surface area contributed by atoms with Crippen molar-refractivity contribution in [1.82, 2.24) is 24.4 Å². The number of benzene rings is 3. The highest BCUT2D eigenvalue weighted by Crippen LogP contribution is 2.43. The summed E-state index contributed by atoms with van der Waals surface area (Å²) in [5, 5.41) is 11.4. The standard InChI is InChI=1S/C37H40N6O7/c1-24(42-17-19-48-20-18-42)39-36-40-34-33(35(45)41-36)38-23-43(34)32-21-30(44)31(50-32)22-49-37(25-7-5-4-6-8-25,26-9-13-28(46-2)14-10-26)27-11-15-29(47-3)16-12-27/h4-16,23,30-32,44H,17-22H2,1-3H3,(H,40,41,45)/t30?,31-,32-/m1/s1. The van der Waals surface area contributed by atoms with Gasteiger partial charge < -0.3 is 33.7 Å². The number of amidine groups is 1. The minimum atomic E-state index is -1.08. The van der Waals surface area contributed by atoms with Crippen LogP contribution in [-0.4, -0.2) is 94.7 Å². The molecule has 0 saturated carbocycles. The average Bonchev–Trinajstić information content (AvgIpc) is 3.76. The van der Waals surface area contributed by atoms with Gasteiger partial charge in [0.05, 0.1) is 46.5 Å². The van der Waals surface area contributed by atoms with Gasteiger partial charge in [0, 0.05) is 19.5 Å². The highest BCUT2D eigenvalue weighted by molar-refractivity contribution is 5.82. The molecule has 2 aromatic heterocycles. The number of imidazole rings is 1. The van der Waals surface area contributed by atoms with Crippen LogP contribution in [0.1, 0.15) is 36.3 Å². The molecule has 0 radical (unpaired) electrons. The number of methoxy groups -OCH3 is 2. The van der Waals surface area contributed by atoms with E-state index in [-0.39, 0.29) is 24.5 Å². The van der Waals surface area contributed by atoms with Gasteiger partial charge in [0.25, 0.3) is 5.56 Å². The smallest absolute Gasteiger partial charge is 0.280 e. The van der Waals surface area contributed by atoms with Gasteiger partial charge in [-0.25, -0.2) is 9.98 Å². The van der Waals surface area contributed by atoms with Crippen molar-refractivity contribution in [3.63, 3.8) is 0 Å².